The monoisotopic (exact) mass is 2580 g/mol. The van der Waals surface area contributed by atoms with Crippen molar-refractivity contribution >= 4 is 145 Å². The summed E-state index contributed by atoms with van der Waals surface area (Å²) in [6.07, 6.45) is 11.7. The van der Waals surface area contributed by atoms with Gasteiger partial charge in [0.15, 0.2) is 0 Å². The van der Waals surface area contributed by atoms with Crippen LogP contribution >= 0.6 is 47.0 Å². The largest absolute Gasteiger partial charge is 0.359 e. The molecular formula is C86H100Cl3F4N15O12S4W4-4. The van der Waals surface area contributed by atoms with Crippen LogP contribution in [0.3, 0.4) is 0 Å². The maximum Gasteiger partial charge on any atom is 0.263 e. The molecule has 0 spiro atoms. The summed E-state index contributed by atoms with van der Waals surface area (Å²) < 4.78 is 141. The normalized spacial score (nSPS) is 11.2. The molecule has 0 saturated heterocycles. The van der Waals surface area contributed by atoms with E-state index in [1.165, 1.54) is 53.0 Å². The molecule has 0 radical (unpaired) electrons. The van der Waals surface area contributed by atoms with Crippen molar-refractivity contribution in [3.05, 3.63) is 275 Å². The number of amides is 3. The molecule has 0 aliphatic rings. The average Bonchev–Trinajstić information content (AvgIpc) is 0.789. The van der Waals surface area contributed by atoms with Crippen LogP contribution in [-0.4, -0.2) is 113 Å². The number of nitrogens with zero attached hydrogens (tertiary/aromatic N) is 9. The fourth-order valence-corrected chi connectivity index (χ4v) is 17.0. The van der Waals surface area contributed by atoms with Crippen LogP contribution in [0.15, 0.2) is 194 Å². The zero-order valence-corrected chi connectivity index (χ0v) is 87.9. The molecule has 692 valence electrons. The molecule has 27 nitrogen and oxygen atoms in total. The number of halogens is 7. The van der Waals surface area contributed by atoms with Crippen LogP contribution in [0.2, 0.25) is 15.1 Å². The van der Waals surface area contributed by atoms with E-state index in [2.05, 4.69) is 60.0 Å². The second-order valence-corrected chi connectivity index (χ2v) is 33.0. The SMILES string of the molecule is C.C.CCNC(=O)C(C)Cn1cnc2ccc(-c3cnc(CC)c(NS(=O)(=O)c4ccc(F)cc4Cl)c3)cc2c1=O.CCc1ncc(-c2ccc3ncn(C[C@@H](C)C(=O)NC)c(=O)c3c2)cc1NS(=O)(=O)c1ccc(F)cc1Cl.CCc1ncc(-c2ccc3ncn(C[C@H](C)C(=O)NC)c(=O)c3c2)cc1NS(=O)(=O)c1ccc(F)cc1Cl.CSF.[CH3-].[CH3-].[CH3-].[CH3-].[W].[W].[W].[W]. The number of pyridine rings is 3. The number of hydrogen-bond donors (Lipinski definition) is 6. The van der Waals surface area contributed by atoms with Crippen LogP contribution in [0.5, 0.6) is 0 Å². The minimum absolute atomic E-state index is 0. The predicted molar refractivity (Wildman–Crippen MR) is 491 cm³/mol. The molecule has 6 N–H and O–H groups in total. The summed E-state index contributed by atoms with van der Waals surface area (Å²) in [6, 6.07) is 29.3. The number of benzene rings is 6. The number of aryl methyl sites for hydroxylation is 3. The molecule has 0 aliphatic carbocycles. The summed E-state index contributed by atoms with van der Waals surface area (Å²) in [7, 11) is -9.37. The molecule has 3 amide bonds. The Balaban J connectivity index is 0. The van der Waals surface area contributed by atoms with E-state index >= 15 is 0 Å². The molecule has 0 aliphatic heterocycles. The maximum atomic E-state index is 13.5. The smallest absolute Gasteiger partial charge is 0.263 e. The third-order valence-electron chi connectivity index (χ3n) is 18.3. The molecule has 42 heteroatoms. The molecular weight excluding hydrogens is 2480 g/mol. The molecule has 0 fully saturated rings. The predicted octanol–water partition coefficient (Wildman–Crippen LogP) is 16.7. The van der Waals surface area contributed by atoms with E-state index in [0.29, 0.717) is 109 Å². The van der Waals surface area contributed by atoms with Crippen molar-refractivity contribution in [2.75, 3.05) is 41.1 Å². The Morgan fingerprint density at radius 1 is 0.406 bits per heavy atom. The number of aromatic nitrogens is 9. The van der Waals surface area contributed by atoms with Gasteiger partial charge in [-0.05, 0) is 152 Å². The number of carbonyl (C=O) groups excluding carboxylic acids is 3. The standard InChI is InChI=1S/C27H27ClFN5O4S.2C26H25ClFN5O4S.CH3FS.2CH4.4CH3.4W/c1-4-22-24(33-39(37,38)25-9-7-19(29)12-21(25)28)11-18(13-31-22)17-6-8-23-20(10-17)27(36)34(15-32-23)14-16(3)26(35)30-5-2;2*1-4-21-23(32-38(36,37)24-8-6-18(28)11-20(24)27)10-17(12-30-21)16-5-7-22-19(9-16)26(35)33(14-31-22)13-15(2)25(34)29-3;1-3-2;;;;;;;;;;/h6-13,15-16,33H,4-5,14H2,1-3H3,(H,30,35);2*5-12,14-15,32H,4,13H2,1-3H3,(H,29,34);1H3;2*1H4;4*1H3;;;;/q;;;;;;4*-1;;;;/t;2*15-;;;;;;;;;;;/m.10.........../s1. The molecule has 12 aromatic rings. The van der Waals surface area contributed by atoms with E-state index < -0.39 is 65.3 Å². The van der Waals surface area contributed by atoms with Gasteiger partial charge in [-0.2, -0.15) is 3.89 Å². The summed E-state index contributed by atoms with van der Waals surface area (Å²) in [5.74, 6) is -3.79. The van der Waals surface area contributed by atoms with Crippen molar-refractivity contribution in [2.45, 2.75) is 117 Å². The molecule has 6 heterocycles. The second-order valence-electron chi connectivity index (χ2n) is 26.5. The minimum Gasteiger partial charge on any atom is -0.359 e. The molecule has 3 atom stereocenters. The molecule has 128 heavy (non-hydrogen) atoms. The zero-order valence-electron chi connectivity index (χ0n) is 70.6. The number of nitrogens with one attached hydrogen (secondary N) is 6. The molecule has 6 aromatic carbocycles. The fraction of sp³-hybridized carbons (Fsp3) is 0.256. The second kappa shape index (κ2) is 54.4. The summed E-state index contributed by atoms with van der Waals surface area (Å²) >= 11 is 18.2. The Morgan fingerprint density at radius 3 is 0.883 bits per heavy atom. The van der Waals surface area contributed by atoms with Crippen molar-refractivity contribution in [3.63, 3.8) is 0 Å². The van der Waals surface area contributed by atoms with E-state index in [1.807, 2.05) is 27.7 Å². The summed E-state index contributed by atoms with van der Waals surface area (Å²) in [5.41, 5.74) is 6.20. The number of carbonyl (C=O) groups is 3. The van der Waals surface area contributed by atoms with Gasteiger partial charge in [0, 0.05) is 178 Å². The average molecular weight is 2580 g/mol. The third kappa shape index (κ3) is 30.3. The van der Waals surface area contributed by atoms with Crippen molar-refractivity contribution in [1.29, 1.82) is 0 Å². The number of fused-ring (bicyclic) bond motifs is 3. The van der Waals surface area contributed by atoms with Crippen LogP contribution in [0.4, 0.5) is 34.1 Å². The van der Waals surface area contributed by atoms with Gasteiger partial charge in [-0.1, -0.05) is 109 Å². The quantitative estimate of drug-likeness (QED) is 0.0229. The Bertz CT molecular complexity index is 6150. The van der Waals surface area contributed by atoms with E-state index in [9.17, 15) is 71.1 Å². The summed E-state index contributed by atoms with van der Waals surface area (Å²) in [6.45, 7) is 13.5. The molecule has 1 unspecified atom stereocenters. The zero-order chi connectivity index (χ0) is 86.3. The third-order valence-corrected chi connectivity index (χ3v) is 23.8. The van der Waals surface area contributed by atoms with Gasteiger partial charge in [-0.25, -0.2) is 53.4 Å². The number of sulfonamides is 3. The number of anilines is 3. The van der Waals surface area contributed by atoms with Crippen LogP contribution < -0.4 is 46.8 Å². The van der Waals surface area contributed by atoms with Crippen molar-refractivity contribution < 1.29 is 141 Å². The van der Waals surface area contributed by atoms with Gasteiger partial charge in [0.2, 0.25) is 17.7 Å². The summed E-state index contributed by atoms with van der Waals surface area (Å²) in [4.78, 5) is 101. The van der Waals surface area contributed by atoms with Gasteiger partial charge >= 0.3 is 0 Å². The first kappa shape index (κ1) is 122. The van der Waals surface area contributed by atoms with Crippen LogP contribution in [0.25, 0.3) is 66.1 Å². The molecule has 0 bridgehead atoms. The summed E-state index contributed by atoms with van der Waals surface area (Å²) in [5, 5.41) is 8.16. The van der Waals surface area contributed by atoms with Crippen LogP contribution in [0, 0.1) is 64.9 Å². The van der Waals surface area contributed by atoms with Crippen LogP contribution in [-0.2, 0) is 168 Å². The van der Waals surface area contributed by atoms with Gasteiger partial charge in [0.1, 0.15) is 32.1 Å². The Hall–Kier alpha value is -8.46. The minimum atomic E-state index is -4.15. The van der Waals surface area contributed by atoms with Gasteiger partial charge in [0.25, 0.3) is 46.7 Å². The molecule has 12 rings (SSSR count). The molecule has 6 aromatic heterocycles. The Kier molecular flexibility index (Phi) is 51.7. The molecule has 0 saturated carbocycles. The van der Waals surface area contributed by atoms with E-state index in [-0.39, 0.29) is 242 Å². The first-order valence-electron chi connectivity index (χ1n) is 36.3. The van der Waals surface area contributed by atoms with E-state index in [1.54, 1.807) is 112 Å². The van der Waals surface area contributed by atoms with Gasteiger partial charge in [-0.3, -0.25) is 71.6 Å². The van der Waals surface area contributed by atoms with E-state index in [4.69, 9.17) is 34.8 Å². The van der Waals surface area contributed by atoms with Crippen LogP contribution in [0.1, 0.15) is 80.4 Å². The van der Waals surface area contributed by atoms with Gasteiger partial charge in [0.05, 0.1) is 119 Å². The Labute approximate surface area is 821 Å². The van der Waals surface area contributed by atoms with E-state index in [0.717, 1.165) is 54.6 Å². The fourth-order valence-electron chi connectivity index (χ4n) is 12.1. The Morgan fingerprint density at radius 2 is 0.656 bits per heavy atom. The maximum absolute atomic E-state index is 13.5. The van der Waals surface area contributed by atoms with Crippen molar-refractivity contribution in [1.82, 2.24) is 59.6 Å². The number of rotatable bonds is 25. The van der Waals surface area contributed by atoms with Gasteiger partial charge in [-0.15, -0.1) is 0 Å². The topological polar surface area (TPSA) is 369 Å². The first-order chi connectivity index (χ1) is 56.0. The number of hydrogen-bond acceptors (Lipinski definition) is 19. The van der Waals surface area contributed by atoms with Crippen molar-refractivity contribution in [2.24, 2.45) is 17.8 Å². The van der Waals surface area contributed by atoms with Crippen molar-refractivity contribution in [3.8, 4) is 33.4 Å². The first-order valence-corrected chi connectivity index (χ1v) is 43.0. The van der Waals surface area contributed by atoms with Gasteiger partial charge < -0.3 is 45.7 Å².